The molecule has 0 fully saturated rings. The van der Waals surface area contributed by atoms with Gasteiger partial charge in [-0.3, -0.25) is 14.4 Å². The predicted molar refractivity (Wildman–Crippen MR) is 164 cm³/mol. The summed E-state index contributed by atoms with van der Waals surface area (Å²) in [5.41, 5.74) is 7.92. The van der Waals surface area contributed by atoms with Gasteiger partial charge in [0.25, 0.3) is 0 Å². The Kier molecular flexibility index (Phi) is 12.6. The first-order valence-corrected chi connectivity index (χ1v) is 13.6. The van der Waals surface area contributed by atoms with Crippen molar-refractivity contribution in [2.75, 3.05) is 21.1 Å². The van der Waals surface area contributed by atoms with E-state index in [0.29, 0.717) is 19.3 Å². The van der Waals surface area contributed by atoms with E-state index < -0.39 is 6.04 Å². The Hall–Kier alpha value is -3.97. The first-order chi connectivity index (χ1) is 18.9. The number of fused-ring (bicyclic) bond motifs is 1. The second-order valence-electron chi connectivity index (χ2n) is 10.9. The number of likely N-dealkylation sites (N-methyl/N-ethyl adjacent to an activating group) is 3. The standard InChI is InChI=1S/C21H28N2O.C12H16N2O2/c1-16(23(4)20(24)10-7-13-21(2,3)22)14-17-11-12-18-8-5-6-9-19(18)15-17;1-13-12(16)11(14(2)9-15)8-10-6-4-3-5-7-10/h5-12,15-16H,13-14,22H2,1-4H3;3-7,9,11H,8H2,1-2H3,(H,13,16)/b10-7+;/t16-;11-/m01/s1. The van der Waals surface area contributed by atoms with Crippen LogP contribution in [-0.2, 0) is 27.2 Å². The normalized spacial score (nSPS) is 12.7. The van der Waals surface area contributed by atoms with E-state index >= 15 is 0 Å². The Morgan fingerprint density at radius 3 is 2.15 bits per heavy atom. The largest absolute Gasteiger partial charge is 0.357 e. The zero-order chi connectivity index (χ0) is 29.7. The van der Waals surface area contributed by atoms with Gasteiger partial charge in [-0.1, -0.05) is 78.9 Å². The smallest absolute Gasteiger partial charge is 0.246 e. The minimum Gasteiger partial charge on any atom is -0.357 e. The number of nitrogens with one attached hydrogen (secondary N) is 1. The van der Waals surface area contributed by atoms with Gasteiger partial charge in [0.15, 0.2) is 0 Å². The van der Waals surface area contributed by atoms with Crippen LogP contribution in [0.3, 0.4) is 0 Å². The number of nitrogens with two attached hydrogens (primary N) is 1. The van der Waals surface area contributed by atoms with Gasteiger partial charge in [-0.25, -0.2) is 0 Å². The van der Waals surface area contributed by atoms with E-state index in [1.807, 2.05) is 63.4 Å². The Morgan fingerprint density at radius 2 is 1.55 bits per heavy atom. The lowest BCUT2D eigenvalue weighted by Gasteiger charge is -2.24. The summed E-state index contributed by atoms with van der Waals surface area (Å²) in [4.78, 5) is 37.7. The number of benzene rings is 3. The molecule has 3 amide bonds. The van der Waals surface area contributed by atoms with Crippen LogP contribution in [0.15, 0.2) is 84.9 Å². The minimum absolute atomic E-state index is 0.0209. The molecule has 3 aromatic carbocycles. The molecule has 3 aromatic rings. The van der Waals surface area contributed by atoms with Gasteiger partial charge in [-0.05, 0) is 61.6 Å². The lowest BCUT2D eigenvalue weighted by molar-refractivity contribution is -0.131. The average Bonchev–Trinajstić information content (AvgIpc) is 2.94. The molecule has 0 heterocycles. The monoisotopic (exact) mass is 544 g/mol. The van der Waals surface area contributed by atoms with Crippen LogP contribution < -0.4 is 11.1 Å². The molecular weight excluding hydrogens is 500 g/mol. The van der Waals surface area contributed by atoms with Gasteiger partial charge in [0.1, 0.15) is 6.04 Å². The van der Waals surface area contributed by atoms with Crippen LogP contribution in [0, 0.1) is 0 Å². The third kappa shape index (κ3) is 10.7. The second kappa shape index (κ2) is 15.6. The van der Waals surface area contributed by atoms with Crippen LogP contribution in [0.4, 0.5) is 0 Å². The summed E-state index contributed by atoms with van der Waals surface area (Å²) in [5.74, 6) is -0.133. The van der Waals surface area contributed by atoms with Crippen molar-refractivity contribution in [3.63, 3.8) is 0 Å². The van der Waals surface area contributed by atoms with Crippen LogP contribution in [-0.4, -0.2) is 66.8 Å². The molecule has 7 heteroatoms. The number of hydrogen-bond acceptors (Lipinski definition) is 4. The van der Waals surface area contributed by atoms with Crippen molar-refractivity contribution < 1.29 is 14.4 Å². The summed E-state index contributed by atoms with van der Waals surface area (Å²) in [6.45, 7) is 5.98. The zero-order valence-electron chi connectivity index (χ0n) is 24.6. The van der Waals surface area contributed by atoms with Gasteiger partial charge in [-0.2, -0.15) is 0 Å². The van der Waals surface area contributed by atoms with Gasteiger partial charge < -0.3 is 20.9 Å². The summed E-state index contributed by atoms with van der Waals surface area (Å²) in [6.07, 6.45) is 6.21. The third-order valence-electron chi connectivity index (χ3n) is 6.74. The van der Waals surface area contributed by atoms with Crippen molar-refractivity contribution in [3.05, 3.63) is 96.1 Å². The van der Waals surface area contributed by atoms with Crippen LogP contribution >= 0.6 is 0 Å². The van der Waals surface area contributed by atoms with Crippen molar-refractivity contribution in [3.8, 4) is 0 Å². The lowest BCUT2D eigenvalue weighted by atomic mass is 10.0. The highest BCUT2D eigenvalue weighted by Gasteiger charge is 2.21. The van der Waals surface area contributed by atoms with Crippen molar-refractivity contribution >= 4 is 29.0 Å². The van der Waals surface area contributed by atoms with E-state index in [2.05, 4.69) is 48.6 Å². The highest BCUT2D eigenvalue weighted by Crippen LogP contribution is 2.18. The number of rotatable bonds is 11. The maximum absolute atomic E-state index is 12.3. The molecule has 0 saturated heterocycles. The molecule has 0 aliphatic carbocycles. The second-order valence-corrected chi connectivity index (χ2v) is 10.9. The molecule has 0 aliphatic heterocycles. The van der Waals surface area contributed by atoms with Gasteiger partial charge in [0, 0.05) is 39.1 Å². The molecule has 0 unspecified atom stereocenters. The molecule has 214 valence electrons. The maximum Gasteiger partial charge on any atom is 0.246 e. The van der Waals surface area contributed by atoms with Crippen molar-refractivity contribution in [2.45, 2.75) is 57.7 Å². The van der Waals surface area contributed by atoms with E-state index in [1.165, 1.54) is 21.2 Å². The number of nitrogens with zero attached hydrogens (tertiary/aromatic N) is 2. The predicted octanol–water partition coefficient (Wildman–Crippen LogP) is 4.34. The highest BCUT2D eigenvalue weighted by molar-refractivity contribution is 5.87. The fourth-order valence-corrected chi connectivity index (χ4v) is 4.14. The molecule has 0 aromatic heterocycles. The average molecular weight is 545 g/mol. The molecule has 0 radical (unpaired) electrons. The number of amides is 3. The fraction of sp³-hybridized carbons (Fsp3) is 0.364. The van der Waals surface area contributed by atoms with Gasteiger partial charge >= 0.3 is 0 Å². The van der Waals surface area contributed by atoms with E-state index in [0.717, 1.165) is 12.0 Å². The Labute approximate surface area is 239 Å². The number of hydrogen-bond donors (Lipinski definition) is 2. The topological polar surface area (TPSA) is 95.7 Å². The quantitative estimate of drug-likeness (QED) is 0.277. The molecule has 0 bridgehead atoms. The van der Waals surface area contributed by atoms with Crippen molar-refractivity contribution in [1.82, 2.24) is 15.1 Å². The molecule has 7 nitrogen and oxygen atoms in total. The zero-order valence-corrected chi connectivity index (χ0v) is 24.6. The molecule has 0 saturated carbocycles. The Morgan fingerprint density at radius 1 is 0.925 bits per heavy atom. The fourth-order valence-electron chi connectivity index (χ4n) is 4.14. The third-order valence-corrected chi connectivity index (χ3v) is 6.74. The minimum atomic E-state index is -0.454. The number of carbonyl (C=O) groups excluding carboxylic acids is 3. The Bertz CT molecular complexity index is 1270. The first kappa shape index (κ1) is 32.2. The SMILES string of the molecule is CNC(=O)[C@@H](Cc1ccccc1)N(C)C=O.C[C@@H](Cc1ccc2ccccc2c1)N(C)C(=O)/C=C/CC(C)(C)N. The summed E-state index contributed by atoms with van der Waals surface area (Å²) in [6, 6.07) is 24.1. The molecule has 3 rings (SSSR count). The molecular formula is C33H44N4O3. The summed E-state index contributed by atoms with van der Waals surface area (Å²) >= 11 is 0. The van der Waals surface area contributed by atoms with Crippen molar-refractivity contribution in [1.29, 1.82) is 0 Å². The van der Waals surface area contributed by atoms with Crippen LogP contribution in [0.2, 0.25) is 0 Å². The summed E-state index contributed by atoms with van der Waals surface area (Å²) < 4.78 is 0. The van der Waals surface area contributed by atoms with Gasteiger partial charge in [0.05, 0.1) is 0 Å². The molecule has 0 spiro atoms. The van der Waals surface area contributed by atoms with Crippen LogP contribution in [0.25, 0.3) is 10.8 Å². The first-order valence-electron chi connectivity index (χ1n) is 13.6. The van der Waals surface area contributed by atoms with E-state index in [1.54, 1.807) is 25.1 Å². The molecule has 2 atom stereocenters. The van der Waals surface area contributed by atoms with E-state index in [9.17, 15) is 14.4 Å². The van der Waals surface area contributed by atoms with Crippen LogP contribution in [0.1, 0.15) is 38.3 Å². The van der Waals surface area contributed by atoms with Crippen LogP contribution in [0.5, 0.6) is 0 Å². The molecule has 0 aliphatic rings. The van der Waals surface area contributed by atoms with Gasteiger partial charge in [0.2, 0.25) is 18.2 Å². The molecule has 3 N–H and O–H groups in total. The summed E-state index contributed by atoms with van der Waals surface area (Å²) in [5, 5.41) is 5.04. The highest BCUT2D eigenvalue weighted by atomic mass is 16.2. The molecule has 40 heavy (non-hydrogen) atoms. The van der Waals surface area contributed by atoms with E-state index in [4.69, 9.17) is 5.73 Å². The number of carbonyl (C=O) groups is 3. The lowest BCUT2D eigenvalue weighted by Crippen LogP contribution is -2.44. The summed E-state index contributed by atoms with van der Waals surface area (Å²) in [7, 11) is 5.03. The van der Waals surface area contributed by atoms with Crippen molar-refractivity contribution in [2.24, 2.45) is 5.73 Å². The van der Waals surface area contributed by atoms with E-state index in [-0.39, 0.29) is 23.4 Å². The Balaban J connectivity index is 0.000000305. The van der Waals surface area contributed by atoms with Gasteiger partial charge in [-0.15, -0.1) is 0 Å². The maximum atomic E-state index is 12.3.